The van der Waals surface area contributed by atoms with E-state index in [9.17, 15) is 4.39 Å². The first-order valence-corrected chi connectivity index (χ1v) is 9.55. The molecule has 0 saturated carbocycles. The van der Waals surface area contributed by atoms with Gasteiger partial charge in [0.05, 0.1) is 29.9 Å². The molecule has 1 heterocycles. The van der Waals surface area contributed by atoms with Crippen molar-refractivity contribution in [2.75, 3.05) is 12.4 Å². The summed E-state index contributed by atoms with van der Waals surface area (Å²) in [5.41, 5.74) is 3.20. The van der Waals surface area contributed by atoms with Crippen LogP contribution in [-0.4, -0.2) is 17.1 Å². The maximum Gasteiger partial charge on any atom is 0.163 e. The van der Waals surface area contributed by atoms with Gasteiger partial charge >= 0.3 is 0 Å². The Morgan fingerprint density at radius 3 is 2.71 bits per heavy atom. The molecule has 0 unspecified atom stereocenters. The lowest BCUT2D eigenvalue weighted by Crippen LogP contribution is -2.01. The molecule has 1 aromatic heterocycles. The number of nitrogens with one attached hydrogen (secondary N) is 1. The molecule has 4 aromatic rings. The summed E-state index contributed by atoms with van der Waals surface area (Å²) in [6.07, 6.45) is 1.41. The van der Waals surface area contributed by atoms with E-state index in [1.807, 2.05) is 25.1 Å². The van der Waals surface area contributed by atoms with Crippen molar-refractivity contribution in [2.24, 2.45) is 0 Å². The molecule has 0 fully saturated rings. The lowest BCUT2D eigenvalue weighted by atomic mass is 10.1. The van der Waals surface area contributed by atoms with Crippen LogP contribution in [0.4, 0.5) is 15.9 Å². The number of ether oxygens (including phenoxy) is 2. The third-order valence-electron chi connectivity index (χ3n) is 4.75. The molecule has 31 heavy (non-hydrogen) atoms. The molecule has 1 N–H and O–H groups in total. The first kappa shape index (κ1) is 20.1. The molecule has 6 nitrogen and oxygen atoms in total. The van der Waals surface area contributed by atoms with Gasteiger partial charge in [-0.15, -0.1) is 0 Å². The topological polar surface area (TPSA) is 80.1 Å². The summed E-state index contributed by atoms with van der Waals surface area (Å²) in [6.45, 7) is 2.10. The molecule has 0 amide bonds. The zero-order valence-electron chi connectivity index (χ0n) is 17.0. The Bertz CT molecular complexity index is 1300. The van der Waals surface area contributed by atoms with E-state index in [1.165, 1.54) is 12.4 Å². The third kappa shape index (κ3) is 4.38. The summed E-state index contributed by atoms with van der Waals surface area (Å²) in [7, 11) is 1.54. The highest BCUT2D eigenvalue weighted by Crippen LogP contribution is 2.35. The van der Waals surface area contributed by atoms with Crippen molar-refractivity contribution in [2.45, 2.75) is 13.5 Å². The van der Waals surface area contributed by atoms with Gasteiger partial charge < -0.3 is 14.8 Å². The van der Waals surface area contributed by atoms with Crippen LogP contribution in [0.2, 0.25) is 0 Å². The van der Waals surface area contributed by atoms with Crippen molar-refractivity contribution in [1.82, 2.24) is 9.97 Å². The standard InChI is InChI=1S/C24H19FN4O2/c1-15-6-7-20(19(25)8-15)29-24-18-10-22(30-2)23(11-21(18)27-14-28-24)31-13-17-5-3-4-16(9-17)12-26/h3-11,14H,13H2,1-2H3,(H,27,28,29). The Balaban J connectivity index is 1.65. The highest BCUT2D eigenvalue weighted by atomic mass is 19.1. The monoisotopic (exact) mass is 414 g/mol. The fraction of sp³-hybridized carbons (Fsp3) is 0.125. The van der Waals surface area contributed by atoms with Gasteiger partial charge in [-0.3, -0.25) is 0 Å². The maximum absolute atomic E-state index is 14.3. The van der Waals surface area contributed by atoms with Gasteiger partial charge in [-0.2, -0.15) is 5.26 Å². The maximum atomic E-state index is 14.3. The van der Waals surface area contributed by atoms with Crippen LogP contribution < -0.4 is 14.8 Å². The van der Waals surface area contributed by atoms with E-state index in [1.54, 1.807) is 37.4 Å². The molecule has 0 saturated heterocycles. The summed E-state index contributed by atoms with van der Waals surface area (Å²) in [6, 6.07) is 17.8. The number of benzene rings is 3. The van der Waals surface area contributed by atoms with Gasteiger partial charge in [0.15, 0.2) is 11.5 Å². The first-order chi connectivity index (χ1) is 15.1. The Hall–Kier alpha value is -4.18. The summed E-state index contributed by atoms with van der Waals surface area (Å²) in [5, 5.41) is 12.8. The van der Waals surface area contributed by atoms with Crippen molar-refractivity contribution in [3.8, 4) is 17.6 Å². The van der Waals surface area contributed by atoms with E-state index >= 15 is 0 Å². The molecule has 0 bridgehead atoms. The van der Waals surface area contributed by atoms with E-state index in [-0.39, 0.29) is 12.4 Å². The van der Waals surface area contributed by atoms with Crippen LogP contribution in [-0.2, 0) is 6.61 Å². The lowest BCUT2D eigenvalue weighted by molar-refractivity contribution is 0.285. The molecule has 3 aromatic carbocycles. The minimum atomic E-state index is -0.363. The molecule has 0 aliphatic heterocycles. The Morgan fingerprint density at radius 2 is 1.94 bits per heavy atom. The smallest absolute Gasteiger partial charge is 0.163 e. The number of methoxy groups -OCH3 is 1. The molecule has 0 aliphatic rings. The Morgan fingerprint density at radius 1 is 1.06 bits per heavy atom. The van der Waals surface area contributed by atoms with E-state index in [4.69, 9.17) is 14.7 Å². The lowest BCUT2D eigenvalue weighted by Gasteiger charge is -2.14. The number of aryl methyl sites for hydroxylation is 1. The average molecular weight is 414 g/mol. The molecule has 0 spiro atoms. The highest BCUT2D eigenvalue weighted by Gasteiger charge is 2.13. The number of nitriles is 1. The van der Waals surface area contributed by atoms with E-state index in [0.29, 0.717) is 39.5 Å². The Labute approximate surface area is 178 Å². The van der Waals surface area contributed by atoms with Crippen LogP contribution in [0, 0.1) is 24.1 Å². The molecular weight excluding hydrogens is 395 g/mol. The van der Waals surface area contributed by atoms with Gasteiger partial charge in [0, 0.05) is 11.5 Å². The molecule has 0 aliphatic carbocycles. The first-order valence-electron chi connectivity index (χ1n) is 9.55. The third-order valence-corrected chi connectivity index (χ3v) is 4.75. The van der Waals surface area contributed by atoms with E-state index in [0.717, 1.165) is 11.1 Å². The van der Waals surface area contributed by atoms with Crippen molar-refractivity contribution >= 4 is 22.4 Å². The highest BCUT2D eigenvalue weighted by molar-refractivity contribution is 5.93. The number of rotatable bonds is 6. The summed E-state index contributed by atoms with van der Waals surface area (Å²) < 4.78 is 25.7. The summed E-state index contributed by atoms with van der Waals surface area (Å²) in [5.74, 6) is 1.09. The second kappa shape index (κ2) is 8.67. The second-order valence-corrected chi connectivity index (χ2v) is 6.95. The zero-order valence-corrected chi connectivity index (χ0v) is 17.0. The van der Waals surface area contributed by atoms with Crippen LogP contribution in [0.5, 0.6) is 11.5 Å². The minimum Gasteiger partial charge on any atom is -0.493 e. The largest absolute Gasteiger partial charge is 0.493 e. The van der Waals surface area contributed by atoms with Gasteiger partial charge in [-0.05, 0) is 48.4 Å². The minimum absolute atomic E-state index is 0.266. The van der Waals surface area contributed by atoms with Gasteiger partial charge in [0.2, 0.25) is 0 Å². The van der Waals surface area contributed by atoms with E-state index < -0.39 is 0 Å². The average Bonchev–Trinajstić information content (AvgIpc) is 2.79. The van der Waals surface area contributed by atoms with Crippen LogP contribution in [0.3, 0.4) is 0 Å². The van der Waals surface area contributed by atoms with Gasteiger partial charge in [-0.1, -0.05) is 18.2 Å². The Kier molecular flexibility index (Phi) is 5.63. The summed E-state index contributed by atoms with van der Waals surface area (Å²) in [4.78, 5) is 8.58. The van der Waals surface area contributed by atoms with Crippen LogP contribution >= 0.6 is 0 Å². The molecule has 4 rings (SSSR count). The van der Waals surface area contributed by atoms with Crippen molar-refractivity contribution in [3.63, 3.8) is 0 Å². The van der Waals surface area contributed by atoms with Crippen molar-refractivity contribution in [1.29, 1.82) is 5.26 Å². The number of nitrogens with zero attached hydrogens (tertiary/aromatic N) is 3. The summed E-state index contributed by atoms with van der Waals surface area (Å²) >= 11 is 0. The second-order valence-electron chi connectivity index (χ2n) is 6.95. The van der Waals surface area contributed by atoms with Gasteiger partial charge in [-0.25, -0.2) is 14.4 Å². The van der Waals surface area contributed by atoms with Crippen molar-refractivity contribution in [3.05, 3.63) is 83.4 Å². The zero-order chi connectivity index (χ0) is 21.8. The number of hydrogen-bond acceptors (Lipinski definition) is 6. The molecule has 7 heteroatoms. The molecule has 0 atom stereocenters. The number of anilines is 2. The van der Waals surface area contributed by atoms with Gasteiger partial charge in [0.25, 0.3) is 0 Å². The molecular formula is C24H19FN4O2. The number of halogens is 1. The van der Waals surface area contributed by atoms with Crippen LogP contribution in [0.15, 0.2) is 60.9 Å². The predicted octanol–water partition coefficient (Wildman–Crippen LogP) is 5.28. The normalized spacial score (nSPS) is 10.5. The van der Waals surface area contributed by atoms with Crippen molar-refractivity contribution < 1.29 is 13.9 Å². The van der Waals surface area contributed by atoms with Crippen LogP contribution in [0.25, 0.3) is 10.9 Å². The fourth-order valence-electron chi connectivity index (χ4n) is 3.18. The number of aromatic nitrogens is 2. The van der Waals surface area contributed by atoms with Gasteiger partial charge in [0.1, 0.15) is 24.6 Å². The SMILES string of the molecule is COc1cc2c(Nc3ccc(C)cc3F)ncnc2cc1OCc1cccc(C#N)c1. The molecule has 154 valence electrons. The predicted molar refractivity (Wildman–Crippen MR) is 116 cm³/mol. The number of hydrogen-bond donors (Lipinski definition) is 1. The van der Waals surface area contributed by atoms with E-state index in [2.05, 4.69) is 21.4 Å². The molecule has 0 radical (unpaired) electrons. The number of fused-ring (bicyclic) bond motifs is 1. The fourth-order valence-corrected chi connectivity index (χ4v) is 3.18. The van der Waals surface area contributed by atoms with Crippen LogP contribution in [0.1, 0.15) is 16.7 Å². The quantitative estimate of drug-likeness (QED) is 0.462.